The van der Waals surface area contributed by atoms with Crippen LogP contribution in [0.1, 0.15) is 47.0 Å². The molecule has 0 fully saturated rings. The van der Waals surface area contributed by atoms with Gasteiger partial charge in [0.15, 0.2) is 0 Å². The molecule has 0 aliphatic carbocycles. The number of hydrogen-bond donors (Lipinski definition) is 1. The molecule has 0 radical (unpaired) electrons. The van der Waals surface area contributed by atoms with Crippen molar-refractivity contribution < 1.29 is 0 Å². The molecule has 0 aromatic heterocycles. The third-order valence-corrected chi connectivity index (χ3v) is 3.63. The first-order chi connectivity index (χ1) is 8.23. The fourth-order valence-corrected chi connectivity index (χ4v) is 2.42. The minimum Gasteiger partial charge on any atom is -0.329 e. The highest BCUT2D eigenvalue weighted by atomic mass is 15.2. The molecule has 0 aliphatic heterocycles. The SMILES string of the molecule is CCCC(CN)N(CC)CCCN(CC)CC. The van der Waals surface area contributed by atoms with Crippen molar-refractivity contribution in [3.8, 4) is 0 Å². The Kier molecular flexibility index (Phi) is 10.9. The zero-order valence-electron chi connectivity index (χ0n) is 12.4. The molecule has 2 N–H and O–H groups in total. The maximum absolute atomic E-state index is 5.87. The molecule has 0 saturated carbocycles. The van der Waals surface area contributed by atoms with Gasteiger partial charge in [-0.2, -0.15) is 0 Å². The Balaban J connectivity index is 3.94. The predicted octanol–water partition coefficient (Wildman–Crippen LogP) is 2.17. The average molecular weight is 243 g/mol. The van der Waals surface area contributed by atoms with Crippen molar-refractivity contribution in [2.24, 2.45) is 5.73 Å². The normalized spacial score (nSPS) is 13.6. The van der Waals surface area contributed by atoms with E-state index < -0.39 is 0 Å². The predicted molar refractivity (Wildman–Crippen MR) is 77.4 cm³/mol. The van der Waals surface area contributed by atoms with Crippen LogP contribution in [0.3, 0.4) is 0 Å². The van der Waals surface area contributed by atoms with Crippen LogP contribution >= 0.6 is 0 Å². The summed E-state index contributed by atoms with van der Waals surface area (Å²) in [4.78, 5) is 5.04. The molecule has 104 valence electrons. The third-order valence-electron chi connectivity index (χ3n) is 3.63. The van der Waals surface area contributed by atoms with Crippen molar-refractivity contribution >= 4 is 0 Å². The van der Waals surface area contributed by atoms with Crippen molar-refractivity contribution in [3.63, 3.8) is 0 Å². The van der Waals surface area contributed by atoms with Crippen LogP contribution in [0.15, 0.2) is 0 Å². The highest BCUT2D eigenvalue weighted by Gasteiger charge is 2.14. The van der Waals surface area contributed by atoms with Crippen molar-refractivity contribution in [3.05, 3.63) is 0 Å². The number of rotatable bonds is 11. The second kappa shape index (κ2) is 11.0. The lowest BCUT2D eigenvalue weighted by molar-refractivity contribution is 0.183. The van der Waals surface area contributed by atoms with Crippen LogP contribution in [-0.4, -0.2) is 55.1 Å². The van der Waals surface area contributed by atoms with E-state index in [0.717, 1.165) is 26.2 Å². The van der Waals surface area contributed by atoms with E-state index >= 15 is 0 Å². The van der Waals surface area contributed by atoms with Gasteiger partial charge in [-0.05, 0) is 45.6 Å². The van der Waals surface area contributed by atoms with E-state index in [1.165, 1.54) is 32.4 Å². The van der Waals surface area contributed by atoms with Crippen LogP contribution in [0.2, 0.25) is 0 Å². The van der Waals surface area contributed by atoms with Crippen LogP contribution in [0, 0.1) is 0 Å². The summed E-state index contributed by atoms with van der Waals surface area (Å²) in [5.74, 6) is 0. The van der Waals surface area contributed by atoms with Gasteiger partial charge in [-0.15, -0.1) is 0 Å². The Labute approximate surface area is 108 Å². The van der Waals surface area contributed by atoms with Gasteiger partial charge in [-0.25, -0.2) is 0 Å². The van der Waals surface area contributed by atoms with E-state index in [1.54, 1.807) is 0 Å². The first kappa shape index (κ1) is 16.9. The summed E-state index contributed by atoms with van der Waals surface area (Å²) in [6.45, 7) is 15.6. The molecule has 1 atom stereocenters. The molecule has 0 spiro atoms. The van der Waals surface area contributed by atoms with Crippen molar-refractivity contribution in [1.82, 2.24) is 9.80 Å². The summed E-state index contributed by atoms with van der Waals surface area (Å²) in [5, 5.41) is 0. The van der Waals surface area contributed by atoms with E-state index in [-0.39, 0.29) is 0 Å². The molecule has 0 heterocycles. The minimum atomic E-state index is 0.585. The Morgan fingerprint density at radius 1 is 0.941 bits per heavy atom. The Bertz CT molecular complexity index is 158. The van der Waals surface area contributed by atoms with E-state index in [0.29, 0.717) is 6.04 Å². The average Bonchev–Trinajstić information content (AvgIpc) is 2.37. The lowest BCUT2D eigenvalue weighted by Crippen LogP contribution is -2.41. The van der Waals surface area contributed by atoms with Gasteiger partial charge in [-0.3, -0.25) is 4.90 Å². The molecule has 3 nitrogen and oxygen atoms in total. The molecule has 0 bridgehead atoms. The van der Waals surface area contributed by atoms with Crippen molar-refractivity contribution in [2.45, 2.75) is 53.0 Å². The maximum atomic E-state index is 5.87. The van der Waals surface area contributed by atoms with Gasteiger partial charge < -0.3 is 10.6 Å². The molecule has 0 saturated heterocycles. The topological polar surface area (TPSA) is 32.5 Å². The van der Waals surface area contributed by atoms with Gasteiger partial charge in [0.25, 0.3) is 0 Å². The number of nitrogens with zero attached hydrogens (tertiary/aromatic N) is 2. The molecule has 17 heavy (non-hydrogen) atoms. The molecule has 0 aromatic carbocycles. The first-order valence-electron chi connectivity index (χ1n) is 7.39. The number of hydrogen-bond acceptors (Lipinski definition) is 3. The summed E-state index contributed by atoms with van der Waals surface area (Å²) in [7, 11) is 0. The van der Waals surface area contributed by atoms with Crippen LogP contribution in [0.4, 0.5) is 0 Å². The second-order valence-corrected chi connectivity index (χ2v) is 4.69. The van der Waals surface area contributed by atoms with Crippen LogP contribution in [0.5, 0.6) is 0 Å². The van der Waals surface area contributed by atoms with Crippen molar-refractivity contribution in [1.29, 1.82) is 0 Å². The standard InChI is InChI=1S/C14H33N3/c1-5-10-14(13-15)17(8-4)12-9-11-16(6-2)7-3/h14H,5-13,15H2,1-4H3. The molecule has 0 amide bonds. The van der Waals surface area contributed by atoms with E-state index in [1.807, 2.05) is 0 Å². The van der Waals surface area contributed by atoms with Gasteiger partial charge in [0.2, 0.25) is 0 Å². The van der Waals surface area contributed by atoms with Crippen LogP contribution < -0.4 is 5.73 Å². The zero-order valence-corrected chi connectivity index (χ0v) is 12.4. The van der Waals surface area contributed by atoms with Gasteiger partial charge in [-0.1, -0.05) is 34.1 Å². The largest absolute Gasteiger partial charge is 0.329 e. The maximum Gasteiger partial charge on any atom is 0.0218 e. The van der Waals surface area contributed by atoms with Gasteiger partial charge >= 0.3 is 0 Å². The van der Waals surface area contributed by atoms with Crippen LogP contribution in [-0.2, 0) is 0 Å². The van der Waals surface area contributed by atoms with Gasteiger partial charge in [0.1, 0.15) is 0 Å². The summed E-state index contributed by atoms with van der Waals surface area (Å²) >= 11 is 0. The molecule has 0 aromatic rings. The fourth-order valence-electron chi connectivity index (χ4n) is 2.42. The Hall–Kier alpha value is -0.120. The van der Waals surface area contributed by atoms with Crippen molar-refractivity contribution in [2.75, 3.05) is 39.3 Å². The highest BCUT2D eigenvalue weighted by molar-refractivity contribution is 4.71. The highest BCUT2D eigenvalue weighted by Crippen LogP contribution is 2.07. The van der Waals surface area contributed by atoms with Gasteiger partial charge in [0.05, 0.1) is 0 Å². The number of likely N-dealkylation sites (N-methyl/N-ethyl adjacent to an activating group) is 1. The van der Waals surface area contributed by atoms with E-state index in [2.05, 4.69) is 37.5 Å². The summed E-state index contributed by atoms with van der Waals surface area (Å²) in [6, 6.07) is 0.585. The van der Waals surface area contributed by atoms with Gasteiger partial charge in [0, 0.05) is 12.6 Å². The zero-order chi connectivity index (χ0) is 13.1. The lowest BCUT2D eigenvalue weighted by Gasteiger charge is -2.30. The monoisotopic (exact) mass is 243 g/mol. The molecule has 3 heteroatoms. The smallest absolute Gasteiger partial charge is 0.0218 e. The summed E-state index contributed by atoms with van der Waals surface area (Å²) in [6.07, 6.45) is 3.72. The second-order valence-electron chi connectivity index (χ2n) is 4.69. The Morgan fingerprint density at radius 2 is 1.59 bits per heavy atom. The minimum absolute atomic E-state index is 0.585. The fraction of sp³-hybridized carbons (Fsp3) is 1.00. The number of nitrogens with two attached hydrogens (primary N) is 1. The summed E-state index contributed by atoms with van der Waals surface area (Å²) < 4.78 is 0. The van der Waals surface area contributed by atoms with Crippen LogP contribution in [0.25, 0.3) is 0 Å². The van der Waals surface area contributed by atoms with E-state index in [9.17, 15) is 0 Å². The molecular weight excluding hydrogens is 210 g/mol. The third kappa shape index (κ3) is 7.02. The molecule has 0 rings (SSSR count). The lowest BCUT2D eigenvalue weighted by atomic mass is 10.1. The quantitative estimate of drug-likeness (QED) is 0.603. The molecule has 0 aliphatic rings. The first-order valence-corrected chi connectivity index (χ1v) is 7.39. The molecular formula is C14H33N3. The summed E-state index contributed by atoms with van der Waals surface area (Å²) in [5.41, 5.74) is 5.87. The molecule has 1 unspecified atom stereocenters. The van der Waals surface area contributed by atoms with E-state index in [4.69, 9.17) is 5.73 Å². The Morgan fingerprint density at radius 3 is 2.00 bits per heavy atom.